The monoisotopic (exact) mass is 292 g/mol. The number of hydrogen-bond donors (Lipinski definition) is 0. The van der Waals surface area contributed by atoms with E-state index >= 15 is 0 Å². The Balaban J connectivity index is 2.26. The van der Waals surface area contributed by atoms with E-state index < -0.39 is 10.5 Å². The van der Waals surface area contributed by atoms with Crippen LogP contribution in [0.25, 0.3) is 0 Å². The van der Waals surface area contributed by atoms with Crippen molar-refractivity contribution in [2.24, 2.45) is 0 Å². The van der Waals surface area contributed by atoms with Crippen LogP contribution in [-0.2, 0) is 11.2 Å². The third kappa shape index (κ3) is 3.32. The van der Waals surface area contributed by atoms with Gasteiger partial charge >= 0.3 is 6.09 Å². The summed E-state index contributed by atoms with van der Waals surface area (Å²) >= 11 is 0. The second kappa shape index (κ2) is 5.35. The lowest BCUT2D eigenvalue weighted by Crippen LogP contribution is -2.42. The molecule has 21 heavy (non-hydrogen) atoms. The van der Waals surface area contributed by atoms with Gasteiger partial charge in [0, 0.05) is 18.7 Å². The molecule has 0 saturated heterocycles. The highest BCUT2D eigenvalue weighted by Crippen LogP contribution is 2.32. The maximum Gasteiger partial charge on any atom is 0.410 e. The van der Waals surface area contributed by atoms with Gasteiger partial charge in [0.15, 0.2) is 0 Å². The molecular formula is C15H20N2O4. The molecule has 1 amide bonds. The van der Waals surface area contributed by atoms with Gasteiger partial charge < -0.3 is 9.64 Å². The molecule has 1 aliphatic heterocycles. The number of hydrogen-bond acceptors (Lipinski definition) is 4. The minimum atomic E-state index is -0.556. The molecule has 1 aromatic carbocycles. The summed E-state index contributed by atoms with van der Waals surface area (Å²) in [5.41, 5.74) is 1.36. The van der Waals surface area contributed by atoms with Crippen molar-refractivity contribution in [2.45, 2.75) is 45.8 Å². The fourth-order valence-electron chi connectivity index (χ4n) is 2.48. The van der Waals surface area contributed by atoms with E-state index in [4.69, 9.17) is 4.74 Å². The van der Waals surface area contributed by atoms with E-state index in [1.165, 1.54) is 6.07 Å². The lowest BCUT2D eigenvalue weighted by Gasteiger charge is -2.36. The van der Waals surface area contributed by atoms with Gasteiger partial charge in [-0.2, -0.15) is 0 Å². The van der Waals surface area contributed by atoms with Crippen LogP contribution in [0, 0.1) is 10.1 Å². The first-order chi connectivity index (χ1) is 9.69. The summed E-state index contributed by atoms with van der Waals surface area (Å²) < 4.78 is 5.39. The van der Waals surface area contributed by atoms with Crippen molar-refractivity contribution in [2.75, 3.05) is 6.54 Å². The van der Waals surface area contributed by atoms with Crippen molar-refractivity contribution in [3.8, 4) is 0 Å². The van der Waals surface area contributed by atoms with Crippen molar-refractivity contribution in [1.29, 1.82) is 0 Å². The number of carbonyl (C=O) groups excluding carboxylic acids is 1. The number of fused-ring (bicyclic) bond motifs is 1. The summed E-state index contributed by atoms with van der Waals surface area (Å²) in [5.74, 6) is 0. The Morgan fingerprint density at radius 3 is 2.67 bits per heavy atom. The highest BCUT2D eigenvalue weighted by atomic mass is 16.6. The second-order valence-corrected chi connectivity index (χ2v) is 6.24. The van der Waals surface area contributed by atoms with E-state index in [9.17, 15) is 14.9 Å². The van der Waals surface area contributed by atoms with Crippen LogP contribution in [-0.4, -0.2) is 28.1 Å². The molecule has 6 heteroatoms. The molecule has 114 valence electrons. The van der Waals surface area contributed by atoms with E-state index in [2.05, 4.69) is 0 Å². The summed E-state index contributed by atoms with van der Waals surface area (Å²) in [6, 6.07) is 4.60. The van der Waals surface area contributed by atoms with Gasteiger partial charge in [0.05, 0.1) is 11.0 Å². The van der Waals surface area contributed by atoms with Crippen molar-refractivity contribution in [3.63, 3.8) is 0 Å². The second-order valence-electron chi connectivity index (χ2n) is 6.24. The van der Waals surface area contributed by atoms with Crippen LogP contribution in [0.4, 0.5) is 10.5 Å². The number of benzene rings is 1. The molecule has 0 radical (unpaired) electrons. The van der Waals surface area contributed by atoms with E-state index in [1.807, 2.05) is 27.7 Å². The molecule has 0 bridgehead atoms. The highest BCUT2D eigenvalue weighted by molar-refractivity contribution is 5.69. The van der Waals surface area contributed by atoms with Gasteiger partial charge in [0.25, 0.3) is 5.69 Å². The lowest BCUT2D eigenvalue weighted by molar-refractivity contribution is -0.385. The van der Waals surface area contributed by atoms with Crippen molar-refractivity contribution in [1.82, 2.24) is 4.90 Å². The maximum absolute atomic E-state index is 12.2. The summed E-state index contributed by atoms with van der Waals surface area (Å²) in [7, 11) is 0. The van der Waals surface area contributed by atoms with Crippen LogP contribution >= 0.6 is 0 Å². The number of nitro benzene ring substituents is 1. The lowest BCUT2D eigenvalue weighted by atomic mass is 9.93. The average Bonchev–Trinajstić information content (AvgIpc) is 2.36. The summed E-state index contributed by atoms with van der Waals surface area (Å²) in [6.07, 6.45) is 0.295. The molecule has 0 aromatic heterocycles. The number of rotatable bonds is 1. The molecule has 0 fully saturated rings. The molecule has 2 rings (SSSR count). The first-order valence-corrected chi connectivity index (χ1v) is 6.96. The molecule has 1 aliphatic rings. The Morgan fingerprint density at radius 2 is 2.10 bits per heavy atom. The Bertz CT molecular complexity index is 578. The van der Waals surface area contributed by atoms with E-state index in [0.717, 1.165) is 11.1 Å². The molecule has 1 aromatic rings. The first kappa shape index (κ1) is 15.3. The number of nitrogens with zero attached hydrogens (tertiary/aromatic N) is 2. The minimum Gasteiger partial charge on any atom is -0.444 e. The van der Waals surface area contributed by atoms with Gasteiger partial charge in [-0.15, -0.1) is 0 Å². The van der Waals surface area contributed by atoms with Gasteiger partial charge in [-0.05, 0) is 45.2 Å². The predicted octanol–water partition coefficient (Wildman–Crippen LogP) is 3.45. The number of ether oxygens (including phenoxy) is 1. The molecule has 0 saturated carbocycles. The van der Waals surface area contributed by atoms with Crippen LogP contribution in [0.1, 0.15) is 44.9 Å². The molecule has 0 unspecified atom stereocenters. The smallest absolute Gasteiger partial charge is 0.410 e. The topological polar surface area (TPSA) is 72.7 Å². The minimum absolute atomic E-state index is 0.0478. The van der Waals surface area contributed by atoms with E-state index in [-0.39, 0.29) is 17.8 Å². The molecule has 0 aliphatic carbocycles. The fourth-order valence-corrected chi connectivity index (χ4v) is 2.48. The maximum atomic E-state index is 12.2. The number of carbonyl (C=O) groups is 1. The zero-order valence-corrected chi connectivity index (χ0v) is 12.8. The molecule has 0 N–H and O–H groups in total. The quantitative estimate of drug-likeness (QED) is 0.587. The van der Waals surface area contributed by atoms with Gasteiger partial charge in [-0.25, -0.2) is 4.79 Å². The number of non-ortho nitro benzene ring substituents is 1. The van der Waals surface area contributed by atoms with Crippen molar-refractivity contribution in [3.05, 3.63) is 39.4 Å². The van der Waals surface area contributed by atoms with Gasteiger partial charge in [-0.1, -0.05) is 6.07 Å². The van der Waals surface area contributed by atoms with Crippen LogP contribution in [0.3, 0.4) is 0 Å². The molecule has 1 atom stereocenters. The Kier molecular flexibility index (Phi) is 3.89. The third-order valence-electron chi connectivity index (χ3n) is 3.51. The highest BCUT2D eigenvalue weighted by Gasteiger charge is 2.31. The molecular weight excluding hydrogens is 272 g/mol. The zero-order chi connectivity index (χ0) is 15.8. The Labute approximate surface area is 123 Å². The third-order valence-corrected chi connectivity index (χ3v) is 3.51. The largest absolute Gasteiger partial charge is 0.444 e. The van der Waals surface area contributed by atoms with Crippen LogP contribution in [0.5, 0.6) is 0 Å². The van der Waals surface area contributed by atoms with E-state index in [0.29, 0.717) is 13.0 Å². The molecule has 0 spiro atoms. The molecule has 1 heterocycles. The van der Waals surface area contributed by atoms with Crippen LogP contribution < -0.4 is 0 Å². The Hall–Kier alpha value is -2.11. The SMILES string of the molecule is C[C@@H]1c2cc([N+](=O)[O-])ccc2CCN1C(=O)OC(C)(C)C. The molecule has 6 nitrogen and oxygen atoms in total. The summed E-state index contributed by atoms with van der Waals surface area (Å²) in [4.78, 5) is 24.3. The van der Waals surface area contributed by atoms with Crippen molar-refractivity contribution < 1.29 is 14.5 Å². The standard InChI is InChI=1S/C15H20N2O4/c1-10-13-9-12(17(19)20)6-5-11(13)7-8-16(10)14(18)21-15(2,3)4/h5-6,9-10H,7-8H2,1-4H3/t10-/m1/s1. The van der Waals surface area contributed by atoms with Gasteiger partial charge in [0.2, 0.25) is 0 Å². The Morgan fingerprint density at radius 1 is 1.43 bits per heavy atom. The van der Waals surface area contributed by atoms with Crippen LogP contribution in [0.2, 0.25) is 0 Å². The summed E-state index contributed by atoms with van der Waals surface area (Å²) in [6.45, 7) is 7.88. The zero-order valence-electron chi connectivity index (χ0n) is 12.8. The van der Waals surface area contributed by atoms with Gasteiger partial charge in [-0.3, -0.25) is 10.1 Å². The normalized spacial score (nSPS) is 18.1. The average molecular weight is 292 g/mol. The van der Waals surface area contributed by atoms with Crippen LogP contribution in [0.15, 0.2) is 18.2 Å². The summed E-state index contributed by atoms with van der Waals surface area (Å²) in [5, 5.41) is 10.9. The number of amides is 1. The van der Waals surface area contributed by atoms with E-state index in [1.54, 1.807) is 17.0 Å². The van der Waals surface area contributed by atoms with Gasteiger partial charge in [0.1, 0.15) is 5.60 Å². The predicted molar refractivity (Wildman–Crippen MR) is 78.2 cm³/mol. The number of nitro groups is 1. The van der Waals surface area contributed by atoms with Crippen molar-refractivity contribution >= 4 is 11.8 Å². The first-order valence-electron chi connectivity index (χ1n) is 6.96. The fraction of sp³-hybridized carbons (Fsp3) is 0.533.